The summed E-state index contributed by atoms with van der Waals surface area (Å²) >= 11 is 0. The number of para-hydroxylation sites is 1. The summed E-state index contributed by atoms with van der Waals surface area (Å²) in [5, 5.41) is 0.535. The molecule has 0 bridgehead atoms. The molecular formula is C17H17N3O4S. The van der Waals surface area contributed by atoms with Crippen LogP contribution in [0.1, 0.15) is 0 Å². The van der Waals surface area contributed by atoms with Crippen molar-refractivity contribution in [3.8, 4) is 11.4 Å². The summed E-state index contributed by atoms with van der Waals surface area (Å²) < 4.78 is 30.5. The molecule has 0 aliphatic carbocycles. The average Bonchev–Trinajstić information content (AvgIpc) is 2.59. The lowest BCUT2D eigenvalue weighted by Crippen LogP contribution is -2.24. The minimum atomic E-state index is -4.00. The zero-order chi connectivity index (χ0) is 18.0. The number of hydrogen-bond acceptors (Lipinski definition) is 5. The van der Waals surface area contributed by atoms with E-state index >= 15 is 0 Å². The first kappa shape index (κ1) is 17.1. The fourth-order valence-corrected chi connectivity index (χ4v) is 2.98. The van der Waals surface area contributed by atoms with Gasteiger partial charge in [0.1, 0.15) is 5.82 Å². The second-order valence-electron chi connectivity index (χ2n) is 5.69. The van der Waals surface area contributed by atoms with E-state index in [1.807, 2.05) is 6.07 Å². The van der Waals surface area contributed by atoms with Gasteiger partial charge in [-0.1, -0.05) is 12.1 Å². The normalized spacial score (nSPS) is 11.6. The van der Waals surface area contributed by atoms with Crippen molar-refractivity contribution >= 4 is 26.7 Å². The van der Waals surface area contributed by atoms with Gasteiger partial charge in [-0.2, -0.15) is 8.42 Å². The van der Waals surface area contributed by atoms with E-state index in [0.29, 0.717) is 16.7 Å². The van der Waals surface area contributed by atoms with Gasteiger partial charge in [-0.3, -0.25) is 9.35 Å². The van der Waals surface area contributed by atoms with Crippen LogP contribution in [0.5, 0.6) is 0 Å². The maximum absolute atomic E-state index is 12.1. The first-order chi connectivity index (χ1) is 11.8. The van der Waals surface area contributed by atoms with Crippen molar-refractivity contribution in [2.24, 2.45) is 0 Å². The van der Waals surface area contributed by atoms with Crippen LogP contribution in [-0.4, -0.2) is 42.3 Å². The fraction of sp³-hybridized carbons (Fsp3) is 0.176. The summed E-state index contributed by atoms with van der Waals surface area (Å²) in [7, 11) is -2.26. The van der Waals surface area contributed by atoms with Crippen LogP contribution in [0.4, 0.5) is 5.69 Å². The van der Waals surface area contributed by atoms with E-state index in [0.717, 1.165) is 11.3 Å². The molecule has 0 saturated heterocycles. The molecule has 0 atom stereocenters. The van der Waals surface area contributed by atoms with Crippen molar-refractivity contribution in [2.75, 3.05) is 24.2 Å². The van der Waals surface area contributed by atoms with Gasteiger partial charge in [-0.15, -0.1) is 0 Å². The zero-order valence-electron chi connectivity index (χ0n) is 13.5. The number of aromatic amines is 1. The molecule has 8 heteroatoms. The van der Waals surface area contributed by atoms with Gasteiger partial charge in [-0.05, 0) is 36.4 Å². The molecule has 0 spiro atoms. The molecule has 25 heavy (non-hydrogen) atoms. The number of anilines is 1. The third kappa shape index (κ3) is 4.04. The van der Waals surface area contributed by atoms with Crippen molar-refractivity contribution in [1.29, 1.82) is 0 Å². The van der Waals surface area contributed by atoms with Crippen LogP contribution < -0.4 is 10.5 Å². The highest BCUT2D eigenvalue weighted by Crippen LogP contribution is 2.20. The molecule has 2 aromatic carbocycles. The number of benzene rings is 2. The molecule has 130 valence electrons. The molecule has 0 saturated carbocycles. The molecule has 0 unspecified atom stereocenters. The molecule has 2 N–H and O–H groups in total. The van der Waals surface area contributed by atoms with Crippen LogP contribution in [0.3, 0.4) is 0 Å². The summed E-state index contributed by atoms with van der Waals surface area (Å²) in [6.45, 7) is 0.170. The molecule has 0 aliphatic heterocycles. The molecule has 7 nitrogen and oxygen atoms in total. The summed E-state index contributed by atoms with van der Waals surface area (Å²) in [4.78, 5) is 21.1. The van der Waals surface area contributed by atoms with Crippen LogP contribution in [0, 0.1) is 0 Å². The van der Waals surface area contributed by atoms with E-state index in [9.17, 15) is 13.2 Å². The van der Waals surface area contributed by atoms with E-state index in [-0.39, 0.29) is 17.9 Å². The van der Waals surface area contributed by atoms with E-state index in [1.165, 1.54) is 0 Å². The standard InChI is InChI=1S/C17H17N3O4S/c1-20(10-11-25(22,23)24)13-8-6-12(7-9-13)16-18-15-5-3-2-4-14(15)17(21)19-16/h2-9H,10-11H2,1H3,(H,18,19,21)(H,22,23,24). The quantitative estimate of drug-likeness (QED) is 0.675. The van der Waals surface area contributed by atoms with Crippen LogP contribution >= 0.6 is 0 Å². The van der Waals surface area contributed by atoms with Crippen LogP contribution in [0.15, 0.2) is 53.3 Å². The number of rotatable bonds is 5. The monoisotopic (exact) mass is 359 g/mol. The lowest BCUT2D eigenvalue weighted by molar-refractivity contribution is 0.483. The zero-order valence-corrected chi connectivity index (χ0v) is 14.3. The van der Waals surface area contributed by atoms with E-state index < -0.39 is 10.1 Å². The lowest BCUT2D eigenvalue weighted by atomic mass is 10.1. The topological polar surface area (TPSA) is 103 Å². The highest BCUT2D eigenvalue weighted by atomic mass is 32.2. The van der Waals surface area contributed by atoms with Gasteiger partial charge >= 0.3 is 0 Å². The van der Waals surface area contributed by atoms with Gasteiger partial charge in [0.25, 0.3) is 15.7 Å². The number of nitrogens with zero attached hydrogens (tertiary/aromatic N) is 2. The maximum Gasteiger partial charge on any atom is 0.266 e. The fourth-order valence-electron chi connectivity index (χ4n) is 2.48. The van der Waals surface area contributed by atoms with E-state index in [2.05, 4.69) is 9.97 Å². The van der Waals surface area contributed by atoms with Crippen LogP contribution in [0.25, 0.3) is 22.3 Å². The minimum absolute atomic E-state index is 0.170. The third-order valence-electron chi connectivity index (χ3n) is 3.88. The van der Waals surface area contributed by atoms with Crippen molar-refractivity contribution in [2.45, 2.75) is 0 Å². The van der Waals surface area contributed by atoms with Gasteiger partial charge < -0.3 is 9.88 Å². The average molecular weight is 359 g/mol. The SMILES string of the molecule is CN(CCS(=O)(=O)O)c1ccc(-c2nc3ccccc3c(=O)[nH]2)cc1. The second kappa shape index (κ2) is 6.66. The largest absolute Gasteiger partial charge is 0.373 e. The Kier molecular flexibility index (Phi) is 4.56. The number of hydrogen-bond donors (Lipinski definition) is 2. The summed E-state index contributed by atoms with van der Waals surface area (Å²) in [5.74, 6) is 0.126. The van der Waals surface area contributed by atoms with Crippen molar-refractivity contribution in [3.05, 3.63) is 58.9 Å². The molecule has 0 radical (unpaired) electrons. The molecule has 0 fully saturated rings. The summed E-state index contributed by atoms with van der Waals surface area (Å²) in [6, 6.07) is 14.3. The van der Waals surface area contributed by atoms with Crippen molar-refractivity contribution < 1.29 is 13.0 Å². The Labute approximate surface area is 144 Å². The Bertz CT molecular complexity index is 1060. The smallest absolute Gasteiger partial charge is 0.266 e. The number of fused-ring (bicyclic) bond motifs is 1. The predicted octanol–water partition coefficient (Wildman–Crippen LogP) is 1.91. The Morgan fingerprint density at radius 3 is 2.48 bits per heavy atom. The maximum atomic E-state index is 12.1. The van der Waals surface area contributed by atoms with Gasteiger partial charge in [0.15, 0.2) is 0 Å². The molecule has 0 aliphatic rings. The Hall–Kier alpha value is -2.71. The lowest BCUT2D eigenvalue weighted by Gasteiger charge is -2.18. The predicted molar refractivity (Wildman–Crippen MR) is 97.5 cm³/mol. The molecule has 0 amide bonds. The summed E-state index contributed by atoms with van der Waals surface area (Å²) in [5.41, 5.74) is 1.95. The Morgan fingerprint density at radius 2 is 1.80 bits per heavy atom. The van der Waals surface area contributed by atoms with Crippen molar-refractivity contribution in [1.82, 2.24) is 9.97 Å². The van der Waals surface area contributed by atoms with E-state index in [4.69, 9.17) is 4.55 Å². The molecule has 1 aromatic heterocycles. The first-order valence-corrected chi connectivity index (χ1v) is 9.20. The Morgan fingerprint density at radius 1 is 1.12 bits per heavy atom. The molecule has 3 rings (SSSR count). The van der Waals surface area contributed by atoms with Crippen LogP contribution in [-0.2, 0) is 10.1 Å². The highest BCUT2D eigenvalue weighted by molar-refractivity contribution is 7.85. The van der Waals surface area contributed by atoms with Gasteiger partial charge in [0.05, 0.1) is 16.7 Å². The number of nitrogens with one attached hydrogen (secondary N) is 1. The molecular weight excluding hydrogens is 342 g/mol. The van der Waals surface area contributed by atoms with Crippen LogP contribution in [0.2, 0.25) is 0 Å². The minimum Gasteiger partial charge on any atom is -0.373 e. The number of aromatic nitrogens is 2. The Balaban J connectivity index is 1.86. The van der Waals surface area contributed by atoms with Gasteiger partial charge in [0, 0.05) is 24.8 Å². The second-order valence-corrected chi connectivity index (χ2v) is 7.26. The van der Waals surface area contributed by atoms with Gasteiger partial charge in [-0.25, -0.2) is 4.98 Å². The molecule has 1 heterocycles. The highest BCUT2D eigenvalue weighted by Gasteiger charge is 2.09. The molecule has 3 aromatic rings. The first-order valence-electron chi connectivity index (χ1n) is 7.59. The summed E-state index contributed by atoms with van der Waals surface area (Å²) in [6.07, 6.45) is 0. The van der Waals surface area contributed by atoms with Crippen molar-refractivity contribution in [3.63, 3.8) is 0 Å². The van der Waals surface area contributed by atoms with E-state index in [1.54, 1.807) is 54.4 Å². The number of H-pyrrole nitrogens is 1. The van der Waals surface area contributed by atoms with Gasteiger partial charge in [0.2, 0.25) is 0 Å². The third-order valence-corrected chi connectivity index (χ3v) is 4.58.